The van der Waals surface area contributed by atoms with Crippen molar-refractivity contribution < 1.29 is 13.2 Å². The number of nitrogens with one attached hydrogen (secondary N) is 1. The van der Waals surface area contributed by atoms with E-state index in [1.807, 2.05) is 6.92 Å². The topological polar surface area (TPSA) is 94.3 Å². The summed E-state index contributed by atoms with van der Waals surface area (Å²) in [5.41, 5.74) is 5.39. The van der Waals surface area contributed by atoms with Crippen molar-refractivity contribution in [1.29, 1.82) is 0 Å². The predicted molar refractivity (Wildman–Crippen MR) is 64.9 cm³/mol. The molecule has 7 heteroatoms. The molecule has 0 aliphatic carbocycles. The fourth-order valence-corrected chi connectivity index (χ4v) is 2.38. The highest BCUT2D eigenvalue weighted by Gasteiger charge is 2.17. The first kappa shape index (κ1) is 13.9. The molecule has 0 spiro atoms. The molecule has 0 saturated carbocycles. The van der Waals surface area contributed by atoms with Crippen LogP contribution in [0.25, 0.3) is 0 Å². The largest absolute Gasteiger partial charge is 0.384 e. The Morgan fingerprint density at radius 2 is 2.24 bits per heavy atom. The van der Waals surface area contributed by atoms with Crippen LogP contribution in [0.15, 0.2) is 23.2 Å². The lowest BCUT2D eigenvalue weighted by Gasteiger charge is -2.13. The zero-order valence-electron chi connectivity index (χ0n) is 9.88. The molecule has 1 atom stereocenters. The quantitative estimate of drug-likeness (QED) is 0.769. The third-order valence-corrected chi connectivity index (χ3v) is 3.57. The van der Waals surface area contributed by atoms with Gasteiger partial charge in [-0.2, -0.15) is 0 Å². The van der Waals surface area contributed by atoms with Crippen LogP contribution in [0.4, 0.5) is 5.82 Å². The van der Waals surface area contributed by atoms with Crippen molar-refractivity contribution >= 4 is 15.8 Å². The smallest absolute Gasteiger partial charge is 0.242 e. The minimum absolute atomic E-state index is 0.0926. The van der Waals surface area contributed by atoms with Gasteiger partial charge in [-0.25, -0.2) is 18.1 Å². The summed E-state index contributed by atoms with van der Waals surface area (Å²) in [6.07, 6.45) is 1.23. The second-order valence-corrected chi connectivity index (χ2v) is 5.31. The van der Waals surface area contributed by atoms with Gasteiger partial charge in [0.25, 0.3) is 0 Å². The number of nitrogen functional groups attached to an aromatic ring is 1. The van der Waals surface area contributed by atoms with Gasteiger partial charge in [0.1, 0.15) is 10.7 Å². The van der Waals surface area contributed by atoms with Gasteiger partial charge in [-0.05, 0) is 26.0 Å². The molecule has 0 amide bonds. The number of ether oxygens (including phenoxy) is 1. The van der Waals surface area contributed by atoms with E-state index in [1.54, 1.807) is 6.92 Å². The Labute approximate surface area is 101 Å². The number of aromatic nitrogens is 1. The molecule has 96 valence electrons. The van der Waals surface area contributed by atoms with Gasteiger partial charge in [-0.15, -0.1) is 0 Å². The summed E-state index contributed by atoms with van der Waals surface area (Å²) >= 11 is 0. The van der Waals surface area contributed by atoms with Crippen LogP contribution in [0.2, 0.25) is 0 Å². The van der Waals surface area contributed by atoms with E-state index < -0.39 is 10.0 Å². The van der Waals surface area contributed by atoms with Crippen molar-refractivity contribution in [3.8, 4) is 0 Å². The summed E-state index contributed by atoms with van der Waals surface area (Å²) in [5.74, 6) is 0.284. The van der Waals surface area contributed by atoms with E-state index in [9.17, 15) is 8.42 Å². The average Bonchev–Trinajstić information content (AvgIpc) is 2.26. The zero-order chi connectivity index (χ0) is 12.9. The van der Waals surface area contributed by atoms with E-state index in [2.05, 4.69) is 9.71 Å². The Bertz CT molecular complexity index is 444. The Morgan fingerprint density at radius 1 is 1.53 bits per heavy atom. The summed E-state index contributed by atoms with van der Waals surface area (Å²) in [6, 6.07) is 2.57. The van der Waals surface area contributed by atoms with E-state index >= 15 is 0 Å². The average molecular weight is 259 g/mol. The van der Waals surface area contributed by atoms with Crippen LogP contribution in [-0.2, 0) is 14.8 Å². The number of pyridine rings is 1. The molecule has 0 aliphatic rings. The maximum absolute atomic E-state index is 11.9. The Morgan fingerprint density at radius 3 is 2.76 bits per heavy atom. The molecule has 6 nitrogen and oxygen atoms in total. The van der Waals surface area contributed by atoms with Crippen molar-refractivity contribution in [1.82, 2.24) is 9.71 Å². The number of nitrogens with two attached hydrogens (primary N) is 1. The third kappa shape index (κ3) is 4.29. The molecular formula is C10H17N3O3S. The predicted octanol–water partition coefficient (Wildman–Crippen LogP) is 0.367. The molecule has 1 rings (SSSR count). The van der Waals surface area contributed by atoms with Crippen LogP contribution in [0.5, 0.6) is 0 Å². The SMILES string of the molecule is CCOCC(C)NS(=O)(=O)c1ccc(N)nc1. The second kappa shape index (κ2) is 5.95. The first-order chi connectivity index (χ1) is 7.95. The number of hydrogen-bond acceptors (Lipinski definition) is 5. The van der Waals surface area contributed by atoms with Gasteiger partial charge in [0.2, 0.25) is 10.0 Å². The summed E-state index contributed by atoms with van der Waals surface area (Å²) in [6.45, 7) is 4.47. The number of anilines is 1. The minimum atomic E-state index is -3.55. The first-order valence-corrected chi connectivity index (χ1v) is 6.75. The van der Waals surface area contributed by atoms with Crippen LogP contribution >= 0.6 is 0 Å². The molecule has 1 heterocycles. The fourth-order valence-electron chi connectivity index (χ4n) is 1.21. The molecule has 1 aromatic heterocycles. The number of hydrogen-bond donors (Lipinski definition) is 2. The van der Waals surface area contributed by atoms with Crippen molar-refractivity contribution in [2.45, 2.75) is 24.8 Å². The van der Waals surface area contributed by atoms with Gasteiger partial charge in [-0.1, -0.05) is 0 Å². The molecule has 0 aromatic carbocycles. The molecule has 1 aromatic rings. The highest BCUT2D eigenvalue weighted by atomic mass is 32.2. The van der Waals surface area contributed by atoms with E-state index in [0.717, 1.165) is 0 Å². The van der Waals surface area contributed by atoms with Gasteiger partial charge in [0.05, 0.1) is 6.61 Å². The summed E-state index contributed by atoms with van der Waals surface area (Å²) in [5, 5.41) is 0. The van der Waals surface area contributed by atoms with Crippen LogP contribution < -0.4 is 10.5 Å². The van der Waals surface area contributed by atoms with Gasteiger partial charge < -0.3 is 10.5 Å². The summed E-state index contributed by atoms with van der Waals surface area (Å²) in [7, 11) is -3.55. The van der Waals surface area contributed by atoms with Crippen molar-refractivity contribution in [2.75, 3.05) is 18.9 Å². The van der Waals surface area contributed by atoms with Crippen molar-refractivity contribution in [3.05, 3.63) is 18.3 Å². The Hall–Kier alpha value is -1.18. The van der Waals surface area contributed by atoms with E-state index in [-0.39, 0.29) is 16.8 Å². The number of rotatable bonds is 6. The molecular weight excluding hydrogens is 242 g/mol. The van der Waals surface area contributed by atoms with Crippen LogP contribution in [0.3, 0.4) is 0 Å². The van der Waals surface area contributed by atoms with Crippen molar-refractivity contribution in [3.63, 3.8) is 0 Å². The normalized spacial score (nSPS) is 13.5. The molecule has 0 aliphatic heterocycles. The lowest BCUT2D eigenvalue weighted by molar-refractivity contribution is 0.133. The van der Waals surface area contributed by atoms with Gasteiger partial charge >= 0.3 is 0 Å². The minimum Gasteiger partial charge on any atom is -0.384 e. The Kier molecular flexibility index (Phi) is 4.86. The van der Waals surface area contributed by atoms with E-state index in [0.29, 0.717) is 13.2 Å². The summed E-state index contributed by atoms with van der Waals surface area (Å²) < 4.78 is 31.4. The fraction of sp³-hybridized carbons (Fsp3) is 0.500. The number of nitrogens with zero attached hydrogens (tertiary/aromatic N) is 1. The molecule has 3 N–H and O–H groups in total. The molecule has 0 fully saturated rings. The highest BCUT2D eigenvalue weighted by Crippen LogP contribution is 2.09. The van der Waals surface area contributed by atoms with Crippen LogP contribution in [0, 0.1) is 0 Å². The molecule has 1 unspecified atom stereocenters. The maximum atomic E-state index is 11.9. The van der Waals surface area contributed by atoms with Gasteiger partial charge in [-0.3, -0.25) is 0 Å². The maximum Gasteiger partial charge on any atom is 0.242 e. The molecule has 17 heavy (non-hydrogen) atoms. The van der Waals surface area contributed by atoms with E-state index in [1.165, 1.54) is 18.3 Å². The third-order valence-electron chi connectivity index (χ3n) is 2.00. The lowest BCUT2D eigenvalue weighted by atomic mass is 10.4. The monoisotopic (exact) mass is 259 g/mol. The van der Waals surface area contributed by atoms with Crippen molar-refractivity contribution in [2.24, 2.45) is 0 Å². The highest BCUT2D eigenvalue weighted by molar-refractivity contribution is 7.89. The van der Waals surface area contributed by atoms with Crippen LogP contribution in [0.1, 0.15) is 13.8 Å². The molecule has 0 bridgehead atoms. The van der Waals surface area contributed by atoms with Gasteiger partial charge in [0, 0.05) is 18.8 Å². The standard InChI is InChI=1S/C10H17N3O3S/c1-3-16-7-8(2)13-17(14,15)9-4-5-10(11)12-6-9/h4-6,8,13H,3,7H2,1-2H3,(H2,11,12). The summed E-state index contributed by atoms with van der Waals surface area (Å²) in [4.78, 5) is 3.83. The van der Waals surface area contributed by atoms with Crippen LogP contribution in [-0.4, -0.2) is 32.7 Å². The molecule has 0 saturated heterocycles. The van der Waals surface area contributed by atoms with E-state index in [4.69, 9.17) is 10.5 Å². The number of sulfonamides is 1. The van der Waals surface area contributed by atoms with Gasteiger partial charge in [0.15, 0.2) is 0 Å². The zero-order valence-corrected chi connectivity index (χ0v) is 10.7. The Balaban J connectivity index is 2.71. The first-order valence-electron chi connectivity index (χ1n) is 5.27. The molecule has 0 radical (unpaired) electrons. The lowest BCUT2D eigenvalue weighted by Crippen LogP contribution is -2.35. The second-order valence-electron chi connectivity index (χ2n) is 3.60.